The summed E-state index contributed by atoms with van der Waals surface area (Å²) in [7, 11) is -0.830. The van der Waals surface area contributed by atoms with E-state index in [1.54, 1.807) is 23.5 Å². The second-order valence-electron chi connectivity index (χ2n) is 6.68. The first-order valence-corrected chi connectivity index (χ1v) is 11.5. The normalized spacial score (nSPS) is 17.9. The minimum absolute atomic E-state index is 0.0875. The lowest BCUT2D eigenvalue weighted by molar-refractivity contribution is 0.285. The second-order valence-corrected chi connectivity index (χ2v) is 9.36. The van der Waals surface area contributed by atoms with Crippen LogP contribution >= 0.6 is 11.3 Å². The van der Waals surface area contributed by atoms with Gasteiger partial charge in [-0.15, -0.1) is 10.2 Å². The van der Waals surface area contributed by atoms with Gasteiger partial charge in [-0.2, -0.15) is 15.6 Å². The Labute approximate surface area is 173 Å². The number of piperidine rings is 1. The average molecular weight is 436 g/mol. The fraction of sp³-hybridized carbons (Fsp3) is 0.368. The maximum atomic E-state index is 13.3. The fourth-order valence-corrected chi connectivity index (χ4v) is 5.71. The molecule has 154 valence electrons. The van der Waals surface area contributed by atoms with Crippen molar-refractivity contribution < 1.29 is 22.3 Å². The molecule has 3 aromatic rings. The molecule has 10 heteroatoms. The Kier molecular flexibility index (Phi) is 5.57. The first-order valence-electron chi connectivity index (χ1n) is 9.11. The Morgan fingerprint density at radius 3 is 2.79 bits per heavy atom. The lowest BCUT2D eigenvalue weighted by atomic mass is 10.00. The van der Waals surface area contributed by atoms with Crippen molar-refractivity contribution in [3.8, 4) is 23.0 Å². The van der Waals surface area contributed by atoms with E-state index in [-0.39, 0.29) is 23.1 Å². The largest absolute Gasteiger partial charge is 0.497 e. The van der Waals surface area contributed by atoms with Crippen molar-refractivity contribution in [3.05, 3.63) is 40.9 Å². The highest BCUT2D eigenvalue weighted by atomic mass is 32.2. The number of hydrogen-bond donors (Lipinski definition) is 0. The van der Waals surface area contributed by atoms with E-state index in [2.05, 4.69) is 10.2 Å². The Morgan fingerprint density at radius 2 is 2.07 bits per heavy atom. The number of benzene rings is 1. The van der Waals surface area contributed by atoms with Crippen LogP contribution in [0.2, 0.25) is 0 Å². The first-order chi connectivity index (χ1) is 14.0. The number of ether oxygens (including phenoxy) is 2. The molecule has 0 spiro atoms. The Balaban J connectivity index is 1.60. The highest BCUT2D eigenvalue weighted by Crippen LogP contribution is 2.35. The highest BCUT2D eigenvalue weighted by Gasteiger charge is 2.35. The summed E-state index contributed by atoms with van der Waals surface area (Å²) in [6.45, 7) is 0.693. The summed E-state index contributed by atoms with van der Waals surface area (Å²) < 4.78 is 44.4. The molecule has 3 heterocycles. The summed E-state index contributed by atoms with van der Waals surface area (Å²) in [6, 6.07) is 6.66. The van der Waals surface area contributed by atoms with Crippen molar-refractivity contribution in [1.29, 1.82) is 0 Å². The summed E-state index contributed by atoms with van der Waals surface area (Å²) in [5.74, 6) is 1.50. The van der Waals surface area contributed by atoms with Gasteiger partial charge in [0.05, 0.1) is 20.1 Å². The van der Waals surface area contributed by atoms with E-state index in [4.69, 9.17) is 13.9 Å². The molecule has 0 N–H and O–H groups in total. The summed E-state index contributed by atoms with van der Waals surface area (Å²) in [5, 5.41) is 12.2. The minimum Gasteiger partial charge on any atom is -0.497 e. The van der Waals surface area contributed by atoms with Gasteiger partial charge < -0.3 is 13.9 Å². The van der Waals surface area contributed by atoms with Gasteiger partial charge in [-0.1, -0.05) is 0 Å². The minimum atomic E-state index is -3.77. The number of aromatic nitrogens is 2. The van der Waals surface area contributed by atoms with Gasteiger partial charge in [0.1, 0.15) is 16.4 Å². The topological polar surface area (TPSA) is 94.8 Å². The van der Waals surface area contributed by atoms with Crippen LogP contribution in [0.1, 0.15) is 24.7 Å². The third-order valence-electron chi connectivity index (χ3n) is 4.93. The monoisotopic (exact) mass is 435 g/mol. The predicted molar refractivity (Wildman–Crippen MR) is 108 cm³/mol. The highest BCUT2D eigenvalue weighted by molar-refractivity contribution is 7.89. The lowest BCUT2D eigenvalue weighted by Crippen LogP contribution is -2.39. The van der Waals surface area contributed by atoms with Crippen LogP contribution in [-0.2, 0) is 10.0 Å². The molecule has 1 aliphatic rings. The Hall–Kier alpha value is -2.43. The maximum Gasteiger partial charge on any atom is 0.248 e. The van der Waals surface area contributed by atoms with E-state index in [0.717, 1.165) is 12.0 Å². The smallest absolute Gasteiger partial charge is 0.248 e. The molecule has 1 aliphatic heterocycles. The van der Waals surface area contributed by atoms with Crippen molar-refractivity contribution in [2.24, 2.45) is 0 Å². The SMILES string of the molecule is COc1ccc(OC)c(S(=O)(=O)N2CCCC(c3nnc(-c4ccsc4)o3)C2)c1. The zero-order valence-electron chi connectivity index (χ0n) is 16.1. The molecule has 1 fully saturated rings. The number of thiophene rings is 1. The molecule has 1 atom stereocenters. The van der Waals surface area contributed by atoms with Gasteiger partial charge in [-0.25, -0.2) is 8.42 Å². The van der Waals surface area contributed by atoms with Gasteiger partial charge in [0.15, 0.2) is 0 Å². The predicted octanol–water partition coefficient (Wildman–Crippen LogP) is 3.38. The summed E-state index contributed by atoms with van der Waals surface area (Å²) >= 11 is 1.55. The molecular weight excluding hydrogens is 414 g/mol. The molecule has 29 heavy (non-hydrogen) atoms. The van der Waals surface area contributed by atoms with Crippen molar-refractivity contribution in [3.63, 3.8) is 0 Å². The first kappa shape index (κ1) is 19.9. The van der Waals surface area contributed by atoms with Crippen LogP contribution in [0.25, 0.3) is 11.5 Å². The molecule has 0 amide bonds. The summed E-state index contributed by atoms with van der Waals surface area (Å²) in [6.07, 6.45) is 1.49. The van der Waals surface area contributed by atoms with Gasteiger partial charge in [-0.05, 0) is 36.4 Å². The zero-order chi connectivity index (χ0) is 20.4. The van der Waals surface area contributed by atoms with Crippen molar-refractivity contribution in [2.75, 3.05) is 27.3 Å². The molecule has 0 bridgehead atoms. The quantitative estimate of drug-likeness (QED) is 0.586. The van der Waals surface area contributed by atoms with Crippen LogP contribution in [0.3, 0.4) is 0 Å². The van der Waals surface area contributed by atoms with Crippen LogP contribution < -0.4 is 9.47 Å². The molecule has 8 nitrogen and oxygen atoms in total. The average Bonchev–Trinajstić information content (AvgIpc) is 3.45. The number of sulfonamides is 1. The molecule has 0 radical (unpaired) electrons. The lowest BCUT2D eigenvalue weighted by Gasteiger charge is -2.30. The number of rotatable bonds is 6. The molecule has 1 saturated heterocycles. The third kappa shape index (κ3) is 3.87. The molecule has 0 aliphatic carbocycles. The van der Waals surface area contributed by atoms with E-state index in [1.807, 2.05) is 16.8 Å². The van der Waals surface area contributed by atoms with Crippen LogP contribution in [0.4, 0.5) is 0 Å². The zero-order valence-corrected chi connectivity index (χ0v) is 17.7. The van der Waals surface area contributed by atoms with Gasteiger partial charge in [-0.3, -0.25) is 0 Å². The van der Waals surface area contributed by atoms with Crippen molar-refractivity contribution in [1.82, 2.24) is 14.5 Å². The van der Waals surface area contributed by atoms with E-state index in [9.17, 15) is 8.42 Å². The summed E-state index contributed by atoms with van der Waals surface area (Å²) in [5.41, 5.74) is 0.871. The van der Waals surface area contributed by atoms with Gasteiger partial charge in [0.25, 0.3) is 0 Å². The van der Waals surface area contributed by atoms with Crippen LogP contribution in [0.15, 0.2) is 44.3 Å². The molecule has 4 rings (SSSR count). The second kappa shape index (κ2) is 8.13. The Morgan fingerprint density at radius 1 is 1.21 bits per heavy atom. The van der Waals surface area contributed by atoms with Gasteiger partial charge >= 0.3 is 0 Å². The van der Waals surface area contributed by atoms with Gasteiger partial charge in [0, 0.05) is 30.1 Å². The van der Waals surface area contributed by atoms with Gasteiger partial charge in [0.2, 0.25) is 21.8 Å². The fourth-order valence-electron chi connectivity index (χ4n) is 3.39. The van der Waals surface area contributed by atoms with Crippen molar-refractivity contribution >= 4 is 21.4 Å². The number of hydrogen-bond acceptors (Lipinski definition) is 8. The van der Waals surface area contributed by atoms with E-state index in [0.29, 0.717) is 30.5 Å². The number of nitrogens with zero attached hydrogens (tertiary/aromatic N) is 3. The standard InChI is InChI=1S/C19H21N3O5S2/c1-25-15-5-6-16(26-2)17(10-15)29(23,24)22-8-3-4-13(11-22)18-20-21-19(27-18)14-7-9-28-12-14/h5-7,9-10,12-13H,3-4,8,11H2,1-2H3. The molecular formula is C19H21N3O5S2. The molecule has 1 unspecified atom stereocenters. The third-order valence-corrected chi connectivity index (χ3v) is 7.50. The molecule has 0 saturated carbocycles. The van der Waals surface area contributed by atoms with E-state index in [1.165, 1.54) is 24.6 Å². The van der Waals surface area contributed by atoms with E-state index < -0.39 is 10.0 Å². The van der Waals surface area contributed by atoms with Crippen molar-refractivity contribution in [2.45, 2.75) is 23.7 Å². The van der Waals surface area contributed by atoms with Crippen LogP contribution in [-0.4, -0.2) is 50.2 Å². The maximum absolute atomic E-state index is 13.3. The van der Waals surface area contributed by atoms with Crippen LogP contribution in [0, 0.1) is 0 Å². The Bertz CT molecular complexity index is 1080. The van der Waals surface area contributed by atoms with Crippen LogP contribution in [0.5, 0.6) is 11.5 Å². The van der Waals surface area contributed by atoms with E-state index >= 15 is 0 Å². The molecule has 2 aromatic heterocycles. The summed E-state index contributed by atoms with van der Waals surface area (Å²) in [4.78, 5) is 0.0875. The number of methoxy groups -OCH3 is 2. The molecule has 1 aromatic carbocycles.